The molecule has 0 spiro atoms. The molecular formula is C20H42N2O. The van der Waals surface area contributed by atoms with Crippen LogP contribution in [0.2, 0.25) is 0 Å². The summed E-state index contributed by atoms with van der Waals surface area (Å²) in [6, 6.07) is 1.03. The van der Waals surface area contributed by atoms with Crippen LogP contribution in [0.1, 0.15) is 104 Å². The van der Waals surface area contributed by atoms with E-state index >= 15 is 0 Å². The van der Waals surface area contributed by atoms with Gasteiger partial charge in [0.15, 0.2) is 0 Å². The Morgan fingerprint density at radius 2 is 1.48 bits per heavy atom. The standard InChI is InChI=1S/C20H42N2O/c1-3-5-7-9-11-15-20(16-12-10-8-6-4-2)22-17-13-14-19(18-22)21-23/h19-21,23H,3-18H2,1-2H3. The van der Waals surface area contributed by atoms with Gasteiger partial charge >= 0.3 is 0 Å². The Hall–Kier alpha value is -0.120. The zero-order valence-electron chi connectivity index (χ0n) is 15.9. The molecule has 0 saturated carbocycles. The van der Waals surface area contributed by atoms with Crippen molar-refractivity contribution in [3.05, 3.63) is 0 Å². The summed E-state index contributed by atoms with van der Waals surface area (Å²) in [6.07, 6.45) is 18.9. The first kappa shape index (κ1) is 20.9. The van der Waals surface area contributed by atoms with Crippen molar-refractivity contribution in [3.63, 3.8) is 0 Å². The van der Waals surface area contributed by atoms with Gasteiger partial charge in [-0.15, -0.1) is 0 Å². The van der Waals surface area contributed by atoms with Crippen molar-refractivity contribution in [2.24, 2.45) is 0 Å². The third-order valence-electron chi connectivity index (χ3n) is 5.43. The predicted octanol–water partition coefficient (Wildman–Crippen LogP) is 5.52. The fourth-order valence-corrected chi connectivity index (χ4v) is 3.92. The zero-order valence-corrected chi connectivity index (χ0v) is 15.9. The Bertz CT molecular complexity index is 246. The van der Waals surface area contributed by atoms with E-state index in [0.717, 1.165) is 19.0 Å². The van der Waals surface area contributed by atoms with E-state index in [0.29, 0.717) is 0 Å². The van der Waals surface area contributed by atoms with Gasteiger partial charge in [-0.05, 0) is 32.2 Å². The SMILES string of the molecule is CCCCCCCC(CCCCCCC)N1CCCC(NO)C1. The molecule has 0 bridgehead atoms. The van der Waals surface area contributed by atoms with Crippen LogP contribution in [0, 0.1) is 0 Å². The third kappa shape index (κ3) is 9.69. The van der Waals surface area contributed by atoms with E-state index in [2.05, 4.69) is 24.2 Å². The molecule has 2 N–H and O–H groups in total. The van der Waals surface area contributed by atoms with Crippen LogP contribution in [0.4, 0.5) is 0 Å². The minimum absolute atomic E-state index is 0.284. The first-order chi connectivity index (χ1) is 11.3. The van der Waals surface area contributed by atoms with E-state index in [-0.39, 0.29) is 6.04 Å². The number of nitrogens with zero attached hydrogens (tertiary/aromatic N) is 1. The second-order valence-corrected chi connectivity index (χ2v) is 7.52. The van der Waals surface area contributed by atoms with E-state index in [1.807, 2.05) is 0 Å². The first-order valence-corrected chi connectivity index (χ1v) is 10.5. The maximum atomic E-state index is 9.26. The molecule has 1 aliphatic heterocycles. The van der Waals surface area contributed by atoms with Crippen molar-refractivity contribution in [2.75, 3.05) is 13.1 Å². The molecule has 1 heterocycles. The van der Waals surface area contributed by atoms with Crippen LogP contribution in [0.3, 0.4) is 0 Å². The second-order valence-electron chi connectivity index (χ2n) is 7.52. The largest absolute Gasteiger partial charge is 0.316 e. The fourth-order valence-electron chi connectivity index (χ4n) is 3.92. The second kappa shape index (κ2) is 14.2. The molecule has 1 atom stereocenters. The van der Waals surface area contributed by atoms with Crippen LogP contribution in [0.15, 0.2) is 0 Å². The highest BCUT2D eigenvalue weighted by Gasteiger charge is 2.24. The molecule has 1 saturated heterocycles. The van der Waals surface area contributed by atoms with E-state index in [1.54, 1.807) is 0 Å². The lowest BCUT2D eigenvalue weighted by Gasteiger charge is -2.38. The van der Waals surface area contributed by atoms with Crippen molar-refractivity contribution in [1.82, 2.24) is 10.4 Å². The lowest BCUT2D eigenvalue weighted by Crippen LogP contribution is -2.48. The van der Waals surface area contributed by atoms with Gasteiger partial charge < -0.3 is 5.21 Å². The summed E-state index contributed by atoms with van der Waals surface area (Å²) < 4.78 is 0. The molecule has 138 valence electrons. The van der Waals surface area contributed by atoms with Gasteiger partial charge in [-0.3, -0.25) is 4.90 Å². The van der Waals surface area contributed by atoms with Crippen LogP contribution in [0.25, 0.3) is 0 Å². The van der Waals surface area contributed by atoms with Crippen molar-refractivity contribution in [3.8, 4) is 0 Å². The quantitative estimate of drug-likeness (QED) is 0.326. The molecule has 0 amide bonds. The summed E-state index contributed by atoms with van der Waals surface area (Å²) in [6.45, 7) is 6.83. The Kier molecular flexibility index (Phi) is 13.0. The molecule has 0 aromatic heterocycles. The molecule has 0 aliphatic carbocycles. The average molecular weight is 327 g/mol. The topological polar surface area (TPSA) is 35.5 Å². The van der Waals surface area contributed by atoms with Crippen LogP contribution >= 0.6 is 0 Å². The average Bonchev–Trinajstić information content (AvgIpc) is 2.59. The normalized spacial score (nSPS) is 19.6. The van der Waals surface area contributed by atoms with Crippen molar-refractivity contribution >= 4 is 0 Å². The van der Waals surface area contributed by atoms with Gasteiger partial charge in [0.25, 0.3) is 0 Å². The summed E-state index contributed by atoms with van der Waals surface area (Å²) in [7, 11) is 0. The van der Waals surface area contributed by atoms with Gasteiger partial charge in [0, 0.05) is 18.6 Å². The van der Waals surface area contributed by atoms with Gasteiger partial charge in [0.2, 0.25) is 0 Å². The molecule has 3 heteroatoms. The molecule has 0 radical (unpaired) electrons. The molecule has 3 nitrogen and oxygen atoms in total. The zero-order chi connectivity index (χ0) is 16.8. The predicted molar refractivity (Wildman–Crippen MR) is 100 cm³/mol. The highest BCUT2D eigenvalue weighted by Crippen LogP contribution is 2.22. The van der Waals surface area contributed by atoms with Crippen LogP contribution in [0.5, 0.6) is 0 Å². The highest BCUT2D eigenvalue weighted by molar-refractivity contribution is 4.81. The molecule has 0 aromatic carbocycles. The number of likely N-dealkylation sites (tertiary alicyclic amines) is 1. The van der Waals surface area contributed by atoms with Crippen molar-refractivity contribution in [2.45, 2.75) is 116 Å². The fraction of sp³-hybridized carbons (Fsp3) is 1.00. The maximum absolute atomic E-state index is 9.26. The van der Waals surface area contributed by atoms with E-state index in [4.69, 9.17) is 0 Å². The van der Waals surface area contributed by atoms with E-state index in [9.17, 15) is 5.21 Å². The van der Waals surface area contributed by atoms with Gasteiger partial charge in [-0.2, -0.15) is 0 Å². The number of piperidine rings is 1. The number of nitrogens with one attached hydrogen (secondary N) is 1. The van der Waals surface area contributed by atoms with E-state index < -0.39 is 0 Å². The maximum Gasteiger partial charge on any atom is 0.0447 e. The Morgan fingerprint density at radius 1 is 0.913 bits per heavy atom. The van der Waals surface area contributed by atoms with Crippen molar-refractivity contribution in [1.29, 1.82) is 0 Å². The monoisotopic (exact) mass is 326 g/mol. The Morgan fingerprint density at radius 3 is 2.00 bits per heavy atom. The Labute approximate surface area is 145 Å². The molecule has 1 rings (SSSR count). The van der Waals surface area contributed by atoms with Crippen LogP contribution < -0.4 is 5.48 Å². The molecule has 0 aromatic rings. The number of unbranched alkanes of at least 4 members (excludes halogenated alkanes) is 8. The lowest BCUT2D eigenvalue weighted by atomic mass is 9.96. The molecule has 1 unspecified atom stereocenters. The van der Waals surface area contributed by atoms with Gasteiger partial charge in [-0.25, -0.2) is 5.48 Å². The highest BCUT2D eigenvalue weighted by atomic mass is 16.5. The summed E-state index contributed by atoms with van der Waals surface area (Å²) in [5, 5.41) is 9.26. The first-order valence-electron chi connectivity index (χ1n) is 10.5. The minimum Gasteiger partial charge on any atom is -0.316 e. The molecule has 23 heavy (non-hydrogen) atoms. The minimum atomic E-state index is 0.284. The third-order valence-corrected chi connectivity index (χ3v) is 5.43. The van der Waals surface area contributed by atoms with Gasteiger partial charge in [-0.1, -0.05) is 78.1 Å². The van der Waals surface area contributed by atoms with Crippen molar-refractivity contribution < 1.29 is 5.21 Å². The molecule has 1 fully saturated rings. The summed E-state index contributed by atoms with van der Waals surface area (Å²) in [5.74, 6) is 0. The van der Waals surface area contributed by atoms with Crippen LogP contribution in [-0.4, -0.2) is 35.3 Å². The number of hydrogen-bond acceptors (Lipinski definition) is 3. The smallest absolute Gasteiger partial charge is 0.0447 e. The number of hydroxylamine groups is 1. The summed E-state index contributed by atoms with van der Waals surface area (Å²) in [5.41, 5.74) is 2.52. The summed E-state index contributed by atoms with van der Waals surface area (Å²) >= 11 is 0. The number of hydrogen-bond donors (Lipinski definition) is 2. The van der Waals surface area contributed by atoms with E-state index in [1.165, 1.54) is 90.0 Å². The lowest BCUT2D eigenvalue weighted by molar-refractivity contribution is 0.0524. The molecule has 1 aliphatic rings. The van der Waals surface area contributed by atoms with Crippen LogP contribution in [-0.2, 0) is 0 Å². The summed E-state index contributed by atoms with van der Waals surface area (Å²) in [4.78, 5) is 2.66. The number of rotatable bonds is 14. The molecular weight excluding hydrogens is 284 g/mol. The van der Waals surface area contributed by atoms with Gasteiger partial charge in [0.05, 0.1) is 0 Å². The Balaban J connectivity index is 2.33. The van der Waals surface area contributed by atoms with Gasteiger partial charge in [0.1, 0.15) is 0 Å².